The summed E-state index contributed by atoms with van der Waals surface area (Å²) in [4.78, 5) is 16.3. The first-order valence-corrected chi connectivity index (χ1v) is 8.24. The summed E-state index contributed by atoms with van der Waals surface area (Å²) in [5, 5.41) is 5.93. The van der Waals surface area contributed by atoms with Gasteiger partial charge in [0.25, 0.3) is 5.91 Å². The number of ether oxygens (including phenoxy) is 1. The molecule has 2 N–H and O–H groups in total. The molecule has 2 aromatic rings. The molecule has 5 nitrogen and oxygen atoms in total. The van der Waals surface area contributed by atoms with Crippen LogP contribution in [0, 0.1) is 0 Å². The number of hydrogen-bond acceptors (Lipinski definition) is 4. The maximum atomic E-state index is 12.3. The summed E-state index contributed by atoms with van der Waals surface area (Å²) in [6.45, 7) is 4.54. The van der Waals surface area contributed by atoms with Crippen LogP contribution in [0.2, 0.25) is 0 Å². The third-order valence-corrected chi connectivity index (χ3v) is 3.66. The van der Waals surface area contributed by atoms with Gasteiger partial charge in [0.15, 0.2) is 5.11 Å². The molecule has 0 aliphatic carbocycles. The van der Waals surface area contributed by atoms with Crippen molar-refractivity contribution in [3.63, 3.8) is 0 Å². The molecule has 1 aromatic heterocycles. The first kappa shape index (κ1) is 17.9. The van der Waals surface area contributed by atoms with Crippen LogP contribution < -0.4 is 15.4 Å². The molecule has 0 saturated heterocycles. The van der Waals surface area contributed by atoms with E-state index in [1.54, 1.807) is 30.6 Å². The number of aromatic nitrogens is 1. The molecule has 1 unspecified atom stereocenters. The zero-order valence-electron chi connectivity index (χ0n) is 13.8. The SMILES string of the molecule is CCC(C)Oc1cccc(C(=O)NC(=S)NCc2cccnc2)c1. The molecular weight excluding hydrogens is 322 g/mol. The van der Waals surface area contributed by atoms with Crippen LogP contribution in [0.15, 0.2) is 48.8 Å². The lowest BCUT2D eigenvalue weighted by Crippen LogP contribution is -2.38. The Morgan fingerprint density at radius 1 is 1.33 bits per heavy atom. The molecule has 0 bridgehead atoms. The molecule has 1 aromatic carbocycles. The Morgan fingerprint density at radius 2 is 2.17 bits per heavy atom. The van der Waals surface area contributed by atoms with Gasteiger partial charge in [-0.15, -0.1) is 0 Å². The zero-order chi connectivity index (χ0) is 17.4. The van der Waals surface area contributed by atoms with Gasteiger partial charge in [-0.1, -0.05) is 19.1 Å². The van der Waals surface area contributed by atoms with Crippen LogP contribution in [-0.2, 0) is 6.54 Å². The molecule has 1 amide bonds. The number of nitrogens with zero attached hydrogens (tertiary/aromatic N) is 1. The average molecular weight is 343 g/mol. The Hall–Kier alpha value is -2.47. The lowest BCUT2D eigenvalue weighted by Gasteiger charge is -2.14. The highest BCUT2D eigenvalue weighted by Crippen LogP contribution is 2.15. The minimum absolute atomic E-state index is 0.102. The van der Waals surface area contributed by atoms with Crippen LogP contribution in [0.5, 0.6) is 5.75 Å². The summed E-state index contributed by atoms with van der Waals surface area (Å²) in [6, 6.07) is 10.8. The van der Waals surface area contributed by atoms with Crippen molar-refractivity contribution in [3.05, 3.63) is 59.9 Å². The minimum Gasteiger partial charge on any atom is -0.491 e. The summed E-state index contributed by atoms with van der Waals surface area (Å²) < 4.78 is 5.73. The molecule has 1 heterocycles. The Kier molecular flexibility index (Phi) is 6.69. The Balaban J connectivity index is 1.89. The van der Waals surface area contributed by atoms with E-state index in [1.807, 2.05) is 32.0 Å². The fourth-order valence-electron chi connectivity index (χ4n) is 1.93. The first-order chi connectivity index (χ1) is 11.6. The van der Waals surface area contributed by atoms with Crippen molar-refractivity contribution >= 4 is 23.2 Å². The van der Waals surface area contributed by atoms with Gasteiger partial charge >= 0.3 is 0 Å². The maximum Gasteiger partial charge on any atom is 0.257 e. The van der Waals surface area contributed by atoms with Gasteiger partial charge < -0.3 is 10.1 Å². The maximum absolute atomic E-state index is 12.3. The topological polar surface area (TPSA) is 63.2 Å². The van der Waals surface area contributed by atoms with E-state index in [-0.39, 0.29) is 17.1 Å². The number of amides is 1. The average Bonchev–Trinajstić information content (AvgIpc) is 2.61. The lowest BCUT2D eigenvalue weighted by atomic mass is 10.2. The molecule has 0 spiro atoms. The van der Waals surface area contributed by atoms with E-state index in [9.17, 15) is 4.79 Å². The fraction of sp³-hybridized carbons (Fsp3) is 0.278. The summed E-state index contributed by atoms with van der Waals surface area (Å²) in [7, 11) is 0. The number of carbonyl (C=O) groups excluding carboxylic acids is 1. The first-order valence-electron chi connectivity index (χ1n) is 7.83. The van der Waals surface area contributed by atoms with Crippen molar-refractivity contribution in [2.45, 2.75) is 32.9 Å². The molecule has 0 radical (unpaired) electrons. The highest BCUT2D eigenvalue weighted by molar-refractivity contribution is 7.80. The molecule has 24 heavy (non-hydrogen) atoms. The quantitative estimate of drug-likeness (QED) is 0.789. The number of nitrogens with one attached hydrogen (secondary N) is 2. The normalized spacial score (nSPS) is 11.4. The molecule has 126 valence electrons. The number of benzene rings is 1. The number of carbonyl (C=O) groups is 1. The number of hydrogen-bond donors (Lipinski definition) is 2. The minimum atomic E-state index is -0.270. The van der Waals surface area contributed by atoms with Crippen molar-refractivity contribution in [3.8, 4) is 5.75 Å². The summed E-state index contributed by atoms with van der Waals surface area (Å²) >= 11 is 5.16. The van der Waals surface area contributed by atoms with Gasteiger partial charge in [-0.2, -0.15) is 0 Å². The third kappa shape index (κ3) is 5.62. The van der Waals surface area contributed by atoms with Crippen LogP contribution in [0.3, 0.4) is 0 Å². The molecule has 0 aliphatic rings. The van der Waals surface area contributed by atoms with Gasteiger partial charge in [0.1, 0.15) is 5.75 Å². The number of rotatable bonds is 6. The van der Waals surface area contributed by atoms with Crippen molar-refractivity contribution in [1.82, 2.24) is 15.6 Å². The molecule has 2 rings (SSSR count). The van der Waals surface area contributed by atoms with Gasteiger partial charge in [0.05, 0.1) is 6.10 Å². The van der Waals surface area contributed by atoms with Crippen molar-refractivity contribution in [2.24, 2.45) is 0 Å². The number of pyridine rings is 1. The van der Waals surface area contributed by atoms with Crippen LogP contribution in [0.4, 0.5) is 0 Å². The van der Waals surface area contributed by atoms with E-state index in [0.29, 0.717) is 17.9 Å². The predicted octanol–water partition coefficient (Wildman–Crippen LogP) is 3.06. The zero-order valence-corrected chi connectivity index (χ0v) is 14.6. The largest absolute Gasteiger partial charge is 0.491 e. The standard InChI is InChI=1S/C18H21N3O2S/c1-3-13(2)23-16-8-4-7-15(10-16)17(22)21-18(24)20-12-14-6-5-9-19-11-14/h4-11,13H,3,12H2,1-2H3,(H2,20,21,22,24). The van der Waals surface area contributed by atoms with Gasteiger partial charge in [-0.3, -0.25) is 15.1 Å². The van der Waals surface area contributed by atoms with Gasteiger partial charge in [-0.25, -0.2) is 0 Å². The van der Waals surface area contributed by atoms with Crippen LogP contribution in [0.25, 0.3) is 0 Å². The Morgan fingerprint density at radius 3 is 2.88 bits per heavy atom. The number of thiocarbonyl (C=S) groups is 1. The van der Waals surface area contributed by atoms with E-state index < -0.39 is 0 Å². The van der Waals surface area contributed by atoms with Crippen LogP contribution >= 0.6 is 12.2 Å². The van der Waals surface area contributed by atoms with Gasteiger partial charge in [0, 0.05) is 24.5 Å². The van der Waals surface area contributed by atoms with Crippen molar-refractivity contribution in [2.75, 3.05) is 0 Å². The van der Waals surface area contributed by atoms with Gasteiger partial charge in [-0.05, 0) is 55.4 Å². The fourth-order valence-corrected chi connectivity index (χ4v) is 2.10. The Labute approximate surface area is 147 Å². The predicted molar refractivity (Wildman–Crippen MR) is 98.0 cm³/mol. The van der Waals surface area contributed by atoms with E-state index in [0.717, 1.165) is 12.0 Å². The molecule has 6 heteroatoms. The van der Waals surface area contributed by atoms with Crippen LogP contribution in [0.1, 0.15) is 36.2 Å². The van der Waals surface area contributed by atoms with Crippen molar-refractivity contribution < 1.29 is 9.53 Å². The molecular formula is C18H21N3O2S. The second-order valence-electron chi connectivity index (χ2n) is 5.36. The van der Waals surface area contributed by atoms with E-state index in [1.165, 1.54) is 0 Å². The van der Waals surface area contributed by atoms with E-state index >= 15 is 0 Å². The summed E-state index contributed by atoms with van der Waals surface area (Å²) in [6.07, 6.45) is 4.45. The molecule has 0 aliphatic heterocycles. The third-order valence-electron chi connectivity index (χ3n) is 3.41. The molecule has 1 atom stereocenters. The highest BCUT2D eigenvalue weighted by atomic mass is 32.1. The molecule has 0 saturated carbocycles. The smallest absolute Gasteiger partial charge is 0.257 e. The lowest BCUT2D eigenvalue weighted by molar-refractivity contribution is 0.0976. The summed E-state index contributed by atoms with van der Waals surface area (Å²) in [5.41, 5.74) is 1.49. The van der Waals surface area contributed by atoms with Crippen LogP contribution in [-0.4, -0.2) is 22.1 Å². The second kappa shape index (κ2) is 8.98. The molecule has 0 fully saturated rings. The van der Waals surface area contributed by atoms with Crippen molar-refractivity contribution in [1.29, 1.82) is 0 Å². The van der Waals surface area contributed by atoms with E-state index in [2.05, 4.69) is 15.6 Å². The summed E-state index contributed by atoms with van der Waals surface area (Å²) in [5.74, 6) is 0.402. The highest BCUT2D eigenvalue weighted by Gasteiger charge is 2.10. The van der Waals surface area contributed by atoms with Gasteiger partial charge in [0.2, 0.25) is 0 Å². The second-order valence-corrected chi connectivity index (χ2v) is 5.77. The van der Waals surface area contributed by atoms with E-state index in [4.69, 9.17) is 17.0 Å². The monoisotopic (exact) mass is 343 g/mol. The Bertz CT molecular complexity index is 692.